The van der Waals surface area contributed by atoms with Crippen LogP contribution in [0, 0.1) is 0 Å². The number of benzene rings is 2. The van der Waals surface area contributed by atoms with Crippen molar-refractivity contribution in [3.8, 4) is 0 Å². The zero-order valence-electron chi connectivity index (χ0n) is 11.2. The fraction of sp³-hybridized carbons (Fsp3) is 0.188. The number of hydrogen-bond acceptors (Lipinski definition) is 3. The Kier molecular flexibility index (Phi) is 4.03. The molecule has 0 atom stereocenters. The van der Waals surface area contributed by atoms with E-state index in [0.717, 1.165) is 28.0 Å². The van der Waals surface area contributed by atoms with Crippen LogP contribution in [0.4, 0.5) is 5.69 Å². The lowest BCUT2D eigenvalue weighted by Crippen LogP contribution is -2.01. The quantitative estimate of drug-likeness (QED) is 0.699. The van der Waals surface area contributed by atoms with Crippen LogP contribution >= 0.6 is 27.3 Å². The molecule has 1 aromatic heterocycles. The predicted octanol–water partition coefficient (Wildman–Crippen LogP) is 5.23. The first-order chi connectivity index (χ1) is 9.76. The van der Waals surface area contributed by atoms with E-state index in [4.69, 9.17) is 0 Å². The molecule has 20 heavy (non-hydrogen) atoms. The Labute approximate surface area is 131 Å². The van der Waals surface area contributed by atoms with E-state index in [9.17, 15) is 0 Å². The maximum atomic E-state index is 4.65. The van der Waals surface area contributed by atoms with Gasteiger partial charge in [-0.1, -0.05) is 35.0 Å². The molecular formula is C16H15BrN2S. The van der Waals surface area contributed by atoms with E-state index in [1.54, 1.807) is 11.3 Å². The van der Waals surface area contributed by atoms with Gasteiger partial charge in [-0.3, -0.25) is 0 Å². The molecule has 0 aliphatic heterocycles. The lowest BCUT2D eigenvalue weighted by Gasteiger charge is -2.10. The molecule has 0 radical (unpaired) electrons. The number of hydrogen-bond donors (Lipinski definition) is 1. The largest absolute Gasteiger partial charge is 0.378 e. The van der Waals surface area contributed by atoms with Gasteiger partial charge in [0.1, 0.15) is 5.01 Å². The topological polar surface area (TPSA) is 24.9 Å². The minimum absolute atomic E-state index is 0.772. The smallest absolute Gasteiger partial charge is 0.113 e. The van der Waals surface area contributed by atoms with Gasteiger partial charge in [0.15, 0.2) is 0 Å². The predicted molar refractivity (Wildman–Crippen MR) is 90.5 cm³/mol. The van der Waals surface area contributed by atoms with E-state index < -0.39 is 0 Å². The van der Waals surface area contributed by atoms with E-state index in [1.165, 1.54) is 16.0 Å². The number of fused-ring (bicyclic) bond motifs is 1. The van der Waals surface area contributed by atoms with Crippen LogP contribution in [0.3, 0.4) is 0 Å². The zero-order chi connectivity index (χ0) is 13.9. The van der Waals surface area contributed by atoms with Gasteiger partial charge in [0.25, 0.3) is 0 Å². The van der Waals surface area contributed by atoms with Gasteiger partial charge in [0.2, 0.25) is 0 Å². The van der Waals surface area contributed by atoms with Gasteiger partial charge in [-0.2, -0.15) is 0 Å². The molecule has 0 bridgehead atoms. The summed E-state index contributed by atoms with van der Waals surface area (Å²) in [6, 6.07) is 14.6. The first-order valence-corrected chi connectivity index (χ1v) is 8.24. The molecule has 0 spiro atoms. The number of nitrogens with zero attached hydrogens (tertiary/aromatic N) is 1. The fourth-order valence-electron chi connectivity index (χ4n) is 2.19. The number of thiazole rings is 1. The van der Waals surface area contributed by atoms with E-state index in [1.807, 2.05) is 6.07 Å². The van der Waals surface area contributed by atoms with E-state index >= 15 is 0 Å². The second-order valence-electron chi connectivity index (χ2n) is 4.58. The molecule has 3 aromatic rings. The molecular weight excluding hydrogens is 332 g/mol. The molecule has 4 heteroatoms. The lowest BCUT2D eigenvalue weighted by molar-refractivity contribution is 1.08. The summed E-state index contributed by atoms with van der Waals surface area (Å²) in [4.78, 5) is 4.65. The van der Waals surface area contributed by atoms with Crippen molar-refractivity contribution in [2.75, 3.05) is 5.32 Å². The Morgan fingerprint density at radius 1 is 1.20 bits per heavy atom. The summed E-state index contributed by atoms with van der Waals surface area (Å²) in [5, 5.41) is 4.62. The second-order valence-corrected chi connectivity index (χ2v) is 6.61. The second kappa shape index (κ2) is 5.94. The molecule has 0 saturated heterocycles. The monoisotopic (exact) mass is 346 g/mol. The fourth-order valence-corrected chi connectivity index (χ4v) is 3.51. The van der Waals surface area contributed by atoms with Crippen molar-refractivity contribution in [3.05, 3.63) is 57.5 Å². The lowest BCUT2D eigenvalue weighted by atomic mass is 10.1. The Hall–Kier alpha value is -1.39. The Balaban J connectivity index is 1.79. The van der Waals surface area contributed by atoms with Crippen molar-refractivity contribution in [1.29, 1.82) is 0 Å². The SMILES string of the molecule is CCc1cc(Br)ccc1NCc1nc2ccccc2s1. The maximum Gasteiger partial charge on any atom is 0.113 e. The minimum Gasteiger partial charge on any atom is -0.378 e. The summed E-state index contributed by atoms with van der Waals surface area (Å²) in [5.74, 6) is 0. The number of para-hydroxylation sites is 1. The summed E-state index contributed by atoms with van der Waals surface area (Å²) in [7, 11) is 0. The van der Waals surface area contributed by atoms with Gasteiger partial charge >= 0.3 is 0 Å². The first-order valence-electron chi connectivity index (χ1n) is 6.63. The number of nitrogens with one attached hydrogen (secondary N) is 1. The van der Waals surface area contributed by atoms with Crippen molar-refractivity contribution in [3.63, 3.8) is 0 Å². The first kappa shape index (κ1) is 13.6. The number of anilines is 1. The molecule has 102 valence electrons. The number of aromatic nitrogens is 1. The molecule has 1 heterocycles. The van der Waals surface area contributed by atoms with Crippen LogP contribution in [-0.2, 0) is 13.0 Å². The Bertz CT molecular complexity index is 703. The molecule has 0 saturated carbocycles. The number of aryl methyl sites for hydroxylation is 1. The van der Waals surface area contributed by atoms with Gasteiger partial charge in [-0.25, -0.2) is 4.98 Å². The van der Waals surface area contributed by atoms with E-state index in [2.05, 4.69) is 69.6 Å². The molecule has 0 unspecified atom stereocenters. The van der Waals surface area contributed by atoms with Crippen LogP contribution in [-0.4, -0.2) is 4.98 Å². The van der Waals surface area contributed by atoms with Crippen molar-refractivity contribution in [2.45, 2.75) is 19.9 Å². The van der Waals surface area contributed by atoms with Gasteiger partial charge in [0, 0.05) is 10.2 Å². The van der Waals surface area contributed by atoms with Crippen LogP contribution in [0.5, 0.6) is 0 Å². The minimum atomic E-state index is 0.772. The zero-order valence-corrected chi connectivity index (χ0v) is 13.6. The van der Waals surface area contributed by atoms with Gasteiger partial charge in [0.05, 0.1) is 16.8 Å². The summed E-state index contributed by atoms with van der Waals surface area (Å²) < 4.78 is 2.37. The molecule has 2 aromatic carbocycles. The van der Waals surface area contributed by atoms with Crippen molar-refractivity contribution >= 4 is 43.2 Å². The average molecular weight is 347 g/mol. The summed E-state index contributed by atoms with van der Waals surface area (Å²) in [6.45, 7) is 2.94. The van der Waals surface area contributed by atoms with Gasteiger partial charge in [-0.05, 0) is 42.3 Å². The van der Waals surface area contributed by atoms with Crippen molar-refractivity contribution in [2.24, 2.45) is 0 Å². The standard InChI is InChI=1S/C16H15BrN2S/c1-2-11-9-12(17)7-8-13(11)18-10-16-19-14-5-3-4-6-15(14)20-16/h3-9,18H,2,10H2,1H3. The van der Waals surface area contributed by atoms with Crippen LogP contribution < -0.4 is 5.32 Å². The molecule has 0 amide bonds. The number of rotatable bonds is 4. The molecule has 2 nitrogen and oxygen atoms in total. The molecule has 3 rings (SSSR count). The Morgan fingerprint density at radius 3 is 2.85 bits per heavy atom. The third-order valence-corrected chi connectivity index (χ3v) is 4.75. The highest BCUT2D eigenvalue weighted by Gasteiger charge is 2.05. The third-order valence-electron chi connectivity index (χ3n) is 3.22. The van der Waals surface area contributed by atoms with Crippen LogP contribution in [0.2, 0.25) is 0 Å². The Morgan fingerprint density at radius 2 is 2.05 bits per heavy atom. The molecule has 0 aliphatic rings. The number of halogens is 1. The maximum absolute atomic E-state index is 4.65. The van der Waals surface area contributed by atoms with Gasteiger partial charge in [-0.15, -0.1) is 11.3 Å². The molecule has 1 N–H and O–H groups in total. The highest BCUT2D eigenvalue weighted by atomic mass is 79.9. The van der Waals surface area contributed by atoms with Crippen LogP contribution in [0.15, 0.2) is 46.9 Å². The van der Waals surface area contributed by atoms with Gasteiger partial charge < -0.3 is 5.32 Å². The summed E-state index contributed by atoms with van der Waals surface area (Å²) in [5.41, 5.74) is 3.59. The average Bonchev–Trinajstić information content (AvgIpc) is 2.88. The normalized spacial score (nSPS) is 10.9. The molecule has 0 fully saturated rings. The van der Waals surface area contributed by atoms with Crippen molar-refractivity contribution in [1.82, 2.24) is 4.98 Å². The van der Waals surface area contributed by atoms with E-state index in [0.29, 0.717) is 0 Å². The highest BCUT2D eigenvalue weighted by Crippen LogP contribution is 2.25. The van der Waals surface area contributed by atoms with E-state index in [-0.39, 0.29) is 0 Å². The molecule has 0 aliphatic carbocycles. The summed E-state index contributed by atoms with van der Waals surface area (Å²) in [6.07, 6.45) is 1.02. The highest BCUT2D eigenvalue weighted by molar-refractivity contribution is 9.10. The summed E-state index contributed by atoms with van der Waals surface area (Å²) >= 11 is 5.27. The third kappa shape index (κ3) is 2.86. The van der Waals surface area contributed by atoms with Crippen LogP contribution in [0.25, 0.3) is 10.2 Å². The van der Waals surface area contributed by atoms with Crippen LogP contribution in [0.1, 0.15) is 17.5 Å². The van der Waals surface area contributed by atoms with Crippen molar-refractivity contribution < 1.29 is 0 Å².